The lowest BCUT2D eigenvalue weighted by Gasteiger charge is -2.47. The predicted octanol–water partition coefficient (Wildman–Crippen LogP) is 7.39. The van der Waals surface area contributed by atoms with E-state index in [1.165, 1.54) is 24.0 Å². The number of halogens is 1. The van der Waals surface area contributed by atoms with Crippen LogP contribution in [0.5, 0.6) is 5.75 Å². The maximum Gasteiger partial charge on any atom is 0.262 e. The lowest BCUT2D eigenvalue weighted by atomic mass is 9.65. The zero-order valence-electron chi connectivity index (χ0n) is 28.0. The van der Waals surface area contributed by atoms with E-state index in [-0.39, 0.29) is 29.3 Å². The van der Waals surface area contributed by atoms with Crippen LogP contribution in [0.3, 0.4) is 0 Å². The fourth-order valence-corrected chi connectivity index (χ4v) is 8.74. The van der Waals surface area contributed by atoms with Gasteiger partial charge in [-0.05, 0) is 118 Å². The Hall–Kier alpha value is -1.97. The van der Waals surface area contributed by atoms with Crippen molar-refractivity contribution >= 4 is 28.5 Å². The summed E-state index contributed by atoms with van der Waals surface area (Å²) in [5, 5.41) is 0.604. The van der Waals surface area contributed by atoms with E-state index in [0.717, 1.165) is 69.9 Å². The molecule has 3 aliphatic heterocycles. The van der Waals surface area contributed by atoms with E-state index < -0.39 is 11.0 Å². The fourth-order valence-electron chi connectivity index (χ4n) is 7.50. The Morgan fingerprint density at radius 1 is 0.957 bits per heavy atom. The molecule has 9 heteroatoms. The maximum absolute atomic E-state index is 13.2. The molecule has 0 radical (unpaired) electrons. The van der Waals surface area contributed by atoms with Gasteiger partial charge in [0, 0.05) is 35.5 Å². The van der Waals surface area contributed by atoms with Gasteiger partial charge in [-0.25, -0.2) is 4.21 Å². The van der Waals surface area contributed by atoms with E-state index in [2.05, 4.69) is 42.6 Å². The quantitative estimate of drug-likeness (QED) is 0.365. The van der Waals surface area contributed by atoms with Crippen molar-refractivity contribution in [2.24, 2.45) is 23.7 Å². The van der Waals surface area contributed by atoms with Crippen LogP contribution in [-0.4, -0.2) is 66.5 Å². The van der Waals surface area contributed by atoms with Crippen LogP contribution >= 0.6 is 11.6 Å². The van der Waals surface area contributed by atoms with Crippen molar-refractivity contribution in [3.05, 3.63) is 64.2 Å². The summed E-state index contributed by atoms with van der Waals surface area (Å²) >= 11 is 6.45. The van der Waals surface area contributed by atoms with Gasteiger partial charge in [-0.1, -0.05) is 44.4 Å². The van der Waals surface area contributed by atoms with Gasteiger partial charge in [-0.3, -0.25) is 9.52 Å². The second kappa shape index (κ2) is 16.9. The highest BCUT2D eigenvalue weighted by molar-refractivity contribution is 7.84. The summed E-state index contributed by atoms with van der Waals surface area (Å²) in [6.45, 7) is 10.2. The molecule has 1 amide bonds. The summed E-state index contributed by atoms with van der Waals surface area (Å²) in [7, 11) is 0.759. The number of amides is 1. The molecule has 1 N–H and O–H groups in total. The molecule has 6 rings (SSSR count). The average Bonchev–Trinajstić information content (AvgIpc) is 3.04. The number of carbonyl (C=O) groups is 1. The van der Waals surface area contributed by atoms with Crippen LogP contribution in [0.15, 0.2) is 42.5 Å². The molecule has 254 valence electrons. The lowest BCUT2D eigenvalue weighted by molar-refractivity contribution is -0.224. The Kier molecular flexibility index (Phi) is 13.0. The first-order chi connectivity index (χ1) is 22.2. The van der Waals surface area contributed by atoms with Gasteiger partial charge < -0.3 is 19.1 Å². The van der Waals surface area contributed by atoms with E-state index in [1.54, 1.807) is 12.1 Å². The summed E-state index contributed by atoms with van der Waals surface area (Å²) < 4.78 is 34.7. The van der Waals surface area contributed by atoms with Gasteiger partial charge in [0.05, 0.1) is 25.1 Å². The molecule has 7 unspecified atom stereocenters. The van der Waals surface area contributed by atoms with Crippen LogP contribution in [-0.2, 0) is 26.9 Å². The summed E-state index contributed by atoms with van der Waals surface area (Å²) in [6.07, 6.45) is 8.22. The number of carbonyl (C=O) groups excluding carboxylic acids is 1. The second-order valence-electron chi connectivity index (χ2n) is 13.8. The number of hydrogen-bond acceptors (Lipinski definition) is 6. The minimum absolute atomic E-state index is 0.144. The van der Waals surface area contributed by atoms with Gasteiger partial charge in [0.15, 0.2) is 6.29 Å². The minimum Gasteiger partial charge on any atom is -0.493 e. The number of likely N-dealkylation sites (N-methyl/N-ethyl adjacent to an activating group) is 1. The summed E-state index contributed by atoms with van der Waals surface area (Å²) in [4.78, 5) is 15.5. The topological polar surface area (TPSA) is 77.1 Å². The number of rotatable bonds is 4. The number of benzene rings is 2. The van der Waals surface area contributed by atoms with Gasteiger partial charge in [-0.2, -0.15) is 0 Å². The summed E-state index contributed by atoms with van der Waals surface area (Å²) in [6, 6.07) is 13.4. The van der Waals surface area contributed by atoms with Crippen molar-refractivity contribution in [1.82, 2.24) is 9.62 Å². The molecule has 1 saturated heterocycles. The first kappa shape index (κ1) is 35.3. The van der Waals surface area contributed by atoms with Crippen LogP contribution in [0, 0.1) is 23.7 Å². The van der Waals surface area contributed by atoms with Crippen molar-refractivity contribution < 1.29 is 23.2 Å². The largest absolute Gasteiger partial charge is 0.493 e. The third kappa shape index (κ3) is 9.13. The molecule has 2 aromatic rings. The van der Waals surface area contributed by atoms with Crippen molar-refractivity contribution in [2.45, 2.75) is 89.6 Å². The molecule has 0 aromatic heterocycles. The van der Waals surface area contributed by atoms with E-state index >= 15 is 0 Å². The van der Waals surface area contributed by atoms with Gasteiger partial charge in [0.2, 0.25) is 0 Å². The second-order valence-corrected chi connectivity index (χ2v) is 15.8. The van der Waals surface area contributed by atoms with Crippen molar-refractivity contribution in [1.29, 1.82) is 0 Å². The summed E-state index contributed by atoms with van der Waals surface area (Å²) in [5.74, 6) is 2.21. The molecule has 46 heavy (non-hydrogen) atoms. The van der Waals surface area contributed by atoms with Gasteiger partial charge >= 0.3 is 0 Å². The van der Waals surface area contributed by atoms with Gasteiger partial charge in [0.25, 0.3) is 5.91 Å². The Morgan fingerprint density at radius 3 is 2.41 bits per heavy atom. The third-order valence-electron chi connectivity index (χ3n) is 10.5. The number of nitrogens with zero attached hydrogens (tertiary/aromatic N) is 1. The SMILES string of the molecule is CCCc1cc(Cl)ccc1C1COc2ccc(cc2)C(=O)NS(=O)C(C)C(C)CCCC(C2OCCCO2)C2CCC2CN(C)C1. The van der Waals surface area contributed by atoms with Crippen LogP contribution in [0.1, 0.15) is 93.1 Å². The van der Waals surface area contributed by atoms with E-state index in [4.69, 9.17) is 25.8 Å². The van der Waals surface area contributed by atoms with Crippen LogP contribution < -0.4 is 9.46 Å². The van der Waals surface area contributed by atoms with Crippen molar-refractivity contribution in [2.75, 3.05) is 40.0 Å². The smallest absolute Gasteiger partial charge is 0.262 e. The summed E-state index contributed by atoms with van der Waals surface area (Å²) in [5.41, 5.74) is 3.03. The lowest BCUT2D eigenvalue weighted by Crippen LogP contribution is -2.46. The standard InChI is InChI=1S/C37H53ClN2O5S/c1-5-8-28-21-31(38)14-18-33(28)30-23-40(4)22-29-13-17-34(29)35(37-43-19-7-20-44-37)10-6-9-25(2)26(3)46(42)39-36(41)27-11-15-32(16-12-27)45-24-30/h11-12,14-16,18,21,25-26,29-30,34-35,37H,5-10,13,17,19-20,22-24H2,1-4H3,(H,39,41). The van der Waals surface area contributed by atoms with Crippen molar-refractivity contribution in [3.63, 3.8) is 0 Å². The Balaban J connectivity index is 1.40. The number of ether oxygens (including phenoxy) is 3. The number of fused-ring (bicyclic) bond motifs is 15. The molecule has 7 nitrogen and oxygen atoms in total. The molecule has 2 aromatic carbocycles. The first-order valence-corrected chi connectivity index (χ1v) is 19.0. The maximum atomic E-state index is 13.2. The van der Waals surface area contributed by atoms with Crippen molar-refractivity contribution in [3.8, 4) is 5.75 Å². The normalized spacial score (nSPS) is 31.2. The van der Waals surface area contributed by atoms with Gasteiger partial charge in [0.1, 0.15) is 16.7 Å². The molecule has 2 bridgehead atoms. The van der Waals surface area contributed by atoms with Crippen LogP contribution in [0.25, 0.3) is 0 Å². The molecule has 7 atom stereocenters. The highest BCUT2D eigenvalue weighted by Gasteiger charge is 2.42. The molecule has 2 fully saturated rings. The van der Waals surface area contributed by atoms with E-state index in [9.17, 15) is 9.00 Å². The fraction of sp³-hybridized carbons (Fsp3) is 0.649. The first-order valence-electron chi connectivity index (χ1n) is 17.4. The Labute approximate surface area is 283 Å². The molecule has 3 heterocycles. The molecular formula is C37H53ClN2O5S. The van der Waals surface area contributed by atoms with Gasteiger partial charge in [-0.15, -0.1) is 0 Å². The molecule has 4 aliphatic rings. The highest BCUT2D eigenvalue weighted by Crippen LogP contribution is 2.45. The molecule has 1 saturated carbocycles. The zero-order valence-corrected chi connectivity index (χ0v) is 29.6. The predicted molar refractivity (Wildman–Crippen MR) is 186 cm³/mol. The molecular weight excluding hydrogens is 620 g/mol. The van der Waals surface area contributed by atoms with Crippen LogP contribution in [0.4, 0.5) is 0 Å². The number of aryl methyl sites for hydroxylation is 1. The number of hydrogen-bond donors (Lipinski definition) is 1. The third-order valence-corrected chi connectivity index (χ3v) is 12.2. The average molecular weight is 673 g/mol. The Morgan fingerprint density at radius 2 is 1.72 bits per heavy atom. The minimum atomic E-state index is -1.48. The monoisotopic (exact) mass is 672 g/mol. The molecule has 1 aliphatic carbocycles. The number of nitrogens with one attached hydrogen (secondary N) is 1. The van der Waals surface area contributed by atoms with Crippen LogP contribution in [0.2, 0.25) is 5.02 Å². The zero-order chi connectivity index (χ0) is 32.6. The van der Waals surface area contributed by atoms with E-state index in [1.807, 2.05) is 25.1 Å². The highest BCUT2D eigenvalue weighted by atomic mass is 35.5. The van der Waals surface area contributed by atoms with E-state index in [0.29, 0.717) is 35.7 Å². The Bertz CT molecular complexity index is 1300. The molecule has 0 spiro atoms.